The van der Waals surface area contributed by atoms with Crippen molar-refractivity contribution in [2.45, 2.75) is 46.2 Å². The summed E-state index contributed by atoms with van der Waals surface area (Å²) in [5.74, 6) is -0.354. The fourth-order valence-electron chi connectivity index (χ4n) is 3.31. The number of rotatable bonds is 7. The van der Waals surface area contributed by atoms with E-state index in [1.807, 2.05) is 32.9 Å². The van der Waals surface area contributed by atoms with E-state index in [4.69, 9.17) is 11.6 Å². The SMILES string of the molecule is CC[C@H](NC(=O)[C@H](C)N(c1ccc(Cl)cc1)S(C)(=O)=O)c1ccc(C)cc1C. The van der Waals surface area contributed by atoms with Gasteiger partial charge in [-0.25, -0.2) is 8.42 Å². The number of carbonyl (C=O) groups excluding carboxylic acids is 1. The van der Waals surface area contributed by atoms with Crippen LogP contribution in [0.4, 0.5) is 5.69 Å². The van der Waals surface area contributed by atoms with E-state index in [-0.39, 0.29) is 11.9 Å². The minimum Gasteiger partial charge on any atom is -0.347 e. The van der Waals surface area contributed by atoms with Crippen molar-refractivity contribution in [3.63, 3.8) is 0 Å². The van der Waals surface area contributed by atoms with E-state index in [1.54, 1.807) is 31.2 Å². The Labute approximate surface area is 172 Å². The third kappa shape index (κ3) is 5.26. The van der Waals surface area contributed by atoms with Gasteiger partial charge in [0.15, 0.2) is 0 Å². The van der Waals surface area contributed by atoms with Gasteiger partial charge in [-0.15, -0.1) is 0 Å². The fraction of sp³-hybridized carbons (Fsp3) is 0.381. The summed E-state index contributed by atoms with van der Waals surface area (Å²) in [5.41, 5.74) is 3.68. The van der Waals surface area contributed by atoms with Crippen LogP contribution in [0.1, 0.15) is 43.0 Å². The number of hydrogen-bond acceptors (Lipinski definition) is 3. The molecule has 0 radical (unpaired) electrons. The Morgan fingerprint density at radius 3 is 2.25 bits per heavy atom. The van der Waals surface area contributed by atoms with Crippen molar-refractivity contribution in [3.8, 4) is 0 Å². The average molecular weight is 423 g/mol. The van der Waals surface area contributed by atoms with Crippen molar-refractivity contribution >= 4 is 33.2 Å². The lowest BCUT2D eigenvalue weighted by molar-refractivity contribution is -0.122. The second-order valence-corrected chi connectivity index (χ2v) is 9.34. The normalized spacial score (nSPS) is 13.6. The Balaban J connectivity index is 2.30. The van der Waals surface area contributed by atoms with Crippen LogP contribution in [0.2, 0.25) is 5.02 Å². The van der Waals surface area contributed by atoms with E-state index in [0.717, 1.165) is 27.3 Å². The zero-order valence-corrected chi connectivity index (χ0v) is 18.4. The van der Waals surface area contributed by atoms with Crippen LogP contribution in [0.15, 0.2) is 42.5 Å². The molecule has 0 aliphatic heterocycles. The molecule has 0 bridgehead atoms. The number of nitrogens with one attached hydrogen (secondary N) is 1. The van der Waals surface area contributed by atoms with Crippen LogP contribution in [-0.2, 0) is 14.8 Å². The van der Waals surface area contributed by atoms with Gasteiger partial charge < -0.3 is 5.32 Å². The molecule has 1 amide bonds. The lowest BCUT2D eigenvalue weighted by Crippen LogP contribution is -2.48. The number of aryl methyl sites for hydroxylation is 2. The van der Waals surface area contributed by atoms with Crippen LogP contribution in [-0.4, -0.2) is 26.6 Å². The maximum absolute atomic E-state index is 12.9. The Morgan fingerprint density at radius 2 is 1.75 bits per heavy atom. The molecule has 2 atom stereocenters. The van der Waals surface area contributed by atoms with Gasteiger partial charge >= 0.3 is 0 Å². The lowest BCUT2D eigenvalue weighted by Gasteiger charge is -2.30. The minimum atomic E-state index is -3.67. The molecule has 0 spiro atoms. The summed E-state index contributed by atoms with van der Waals surface area (Å²) < 4.78 is 25.9. The second-order valence-electron chi connectivity index (χ2n) is 7.04. The summed E-state index contributed by atoms with van der Waals surface area (Å²) in [6.07, 6.45) is 1.79. The first kappa shape index (κ1) is 22.2. The number of carbonyl (C=O) groups is 1. The van der Waals surface area contributed by atoms with E-state index in [0.29, 0.717) is 17.1 Å². The first-order chi connectivity index (χ1) is 13.0. The highest BCUT2D eigenvalue weighted by Gasteiger charge is 2.30. The largest absolute Gasteiger partial charge is 0.347 e. The molecule has 0 aliphatic carbocycles. The first-order valence-electron chi connectivity index (χ1n) is 9.17. The molecule has 28 heavy (non-hydrogen) atoms. The fourth-order valence-corrected chi connectivity index (χ4v) is 4.61. The van der Waals surface area contributed by atoms with Gasteiger partial charge in [-0.1, -0.05) is 42.3 Å². The van der Waals surface area contributed by atoms with Gasteiger partial charge in [0.05, 0.1) is 18.0 Å². The molecule has 1 N–H and O–H groups in total. The average Bonchev–Trinajstić information content (AvgIpc) is 2.60. The topological polar surface area (TPSA) is 66.5 Å². The zero-order valence-electron chi connectivity index (χ0n) is 16.9. The smallest absolute Gasteiger partial charge is 0.244 e. The molecule has 2 rings (SSSR count). The monoisotopic (exact) mass is 422 g/mol. The minimum absolute atomic E-state index is 0.192. The highest BCUT2D eigenvalue weighted by molar-refractivity contribution is 7.92. The van der Waals surface area contributed by atoms with Gasteiger partial charge in [-0.05, 0) is 62.6 Å². The Bertz CT molecular complexity index is 943. The van der Waals surface area contributed by atoms with Gasteiger partial charge in [0.2, 0.25) is 15.9 Å². The second kappa shape index (κ2) is 8.97. The molecule has 5 nitrogen and oxygen atoms in total. The molecule has 0 unspecified atom stereocenters. The summed E-state index contributed by atoms with van der Waals surface area (Å²) in [5, 5.41) is 3.50. The van der Waals surface area contributed by atoms with Crippen LogP contribution < -0.4 is 9.62 Å². The summed E-state index contributed by atoms with van der Waals surface area (Å²) in [7, 11) is -3.67. The van der Waals surface area contributed by atoms with E-state index < -0.39 is 16.1 Å². The van der Waals surface area contributed by atoms with Crippen molar-refractivity contribution in [1.82, 2.24) is 5.32 Å². The molecule has 0 saturated carbocycles. The Hall–Kier alpha value is -2.05. The van der Waals surface area contributed by atoms with Crippen molar-refractivity contribution < 1.29 is 13.2 Å². The molecular weight excluding hydrogens is 396 g/mol. The molecule has 0 heterocycles. The van der Waals surface area contributed by atoms with Crippen LogP contribution >= 0.6 is 11.6 Å². The molecule has 0 fully saturated rings. The quantitative estimate of drug-likeness (QED) is 0.720. The van der Waals surface area contributed by atoms with Crippen molar-refractivity contribution in [2.24, 2.45) is 0 Å². The Kier molecular flexibility index (Phi) is 7.12. The number of anilines is 1. The number of amides is 1. The maximum Gasteiger partial charge on any atom is 0.244 e. The van der Waals surface area contributed by atoms with E-state index in [2.05, 4.69) is 11.4 Å². The van der Waals surface area contributed by atoms with E-state index in [9.17, 15) is 13.2 Å². The van der Waals surface area contributed by atoms with Crippen LogP contribution in [0.5, 0.6) is 0 Å². The third-order valence-electron chi connectivity index (χ3n) is 4.70. The standard InChI is InChI=1S/C21H27ClN2O3S/c1-6-20(19-12-7-14(2)13-15(19)3)23-21(25)16(4)24(28(5,26)27)18-10-8-17(22)9-11-18/h7-13,16,20H,6H2,1-5H3,(H,23,25)/t16-,20-/m0/s1. The molecule has 0 saturated heterocycles. The summed E-state index contributed by atoms with van der Waals surface area (Å²) in [6.45, 7) is 7.60. The van der Waals surface area contributed by atoms with Crippen molar-refractivity contribution in [3.05, 3.63) is 64.2 Å². The molecule has 152 valence electrons. The first-order valence-corrected chi connectivity index (χ1v) is 11.4. The van der Waals surface area contributed by atoms with Crippen LogP contribution in [0.3, 0.4) is 0 Å². The number of nitrogens with zero attached hydrogens (tertiary/aromatic N) is 1. The molecule has 2 aromatic rings. The van der Waals surface area contributed by atoms with Gasteiger partial charge in [0.1, 0.15) is 6.04 Å². The predicted molar refractivity (Wildman–Crippen MR) is 115 cm³/mol. The number of sulfonamides is 1. The van der Waals surface area contributed by atoms with Gasteiger partial charge in [0, 0.05) is 5.02 Å². The van der Waals surface area contributed by atoms with Gasteiger partial charge in [-0.3, -0.25) is 9.10 Å². The third-order valence-corrected chi connectivity index (χ3v) is 6.19. The number of hydrogen-bond donors (Lipinski definition) is 1. The van der Waals surface area contributed by atoms with E-state index >= 15 is 0 Å². The van der Waals surface area contributed by atoms with Gasteiger partial charge in [-0.2, -0.15) is 0 Å². The lowest BCUT2D eigenvalue weighted by atomic mass is 9.97. The molecule has 7 heteroatoms. The summed E-state index contributed by atoms with van der Waals surface area (Å²) in [4.78, 5) is 12.9. The van der Waals surface area contributed by atoms with Crippen LogP contribution in [0, 0.1) is 13.8 Å². The predicted octanol–water partition coefficient (Wildman–Crippen LogP) is 4.38. The highest BCUT2D eigenvalue weighted by Crippen LogP contribution is 2.25. The molecule has 0 aromatic heterocycles. The van der Waals surface area contributed by atoms with Crippen molar-refractivity contribution in [2.75, 3.05) is 10.6 Å². The zero-order chi connectivity index (χ0) is 21.1. The molecular formula is C21H27ClN2O3S. The maximum atomic E-state index is 12.9. The number of halogens is 1. The molecule has 0 aliphatic rings. The van der Waals surface area contributed by atoms with E-state index in [1.165, 1.54) is 0 Å². The Morgan fingerprint density at radius 1 is 1.14 bits per heavy atom. The van der Waals surface area contributed by atoms with Crippen molar-refractivity contribution in [1.29, 1.82) is 0 Å². The number of benzene rings is 2. The summed E-state index contributed by atoms with van der Waals surface area (Å²) in [6, 6.07) is 11.4. The summed E-state index contributed by atoms with van der Waals surface area (Å²) >= 11 is 5.91. The highest BCUT2D eigenvalue weighted by atomic mass is 35.5. The van der Waals surface area contributed by atoms with Gasteiger partial charge in [0.25, 0.3) is 0 Å². The van der Waals surface area contributed by atoms with Crippen LogP contribution in [0.25, 0.3) is 0 Å². The molecule has 2 aromatic carbocycles.